The monoisotopic (exact) mass is 372 g/mol. The maximum Gasteiger partial charge on any atom is 0.271 e. The minimum absolute atomic E-state index is 0.0837. The summed E-state index contributed by atoms with van der Waals surface area (Å²) in [6, 6.07) is 12.7. The van der Waals surface area contributed by atoms with Crippen molar-refractivity contribution in [3.8, 4) is 16.8 Å². The Morgan fingerprint density at radius 3 is 2.46 bits per heavy atom. The number of pyridine rings is 1. The molecule has 0 saturated heterocycles. The Balaban J connectivity index is 1.76. The van der Waals surface area contributed by atoms with E-state index in [0.717, 1.165) is 46.7 Å². The first-order valence-electron chi connectivity index (χ1n) is 9.66. The van der Waals surface area contributed by atoms with Crippen molar-refractivity contribution in [1.29, 1.82) is 0 Å². The van der Waals surface area contributed by atoms with E-state index in [1.807, 2.05) is 56.2 Å². The summed E-state index contributed by atoms with van der Waals surface area (Å²) in [6.45, 7) is 1.99. The average Bonchev–Trinajstić information content (AvgIpc) is 3.38. The molecule has 5 nitrogen and oxygen atoms in total. The summed E-state index contributed by atoms with van der Waals surface area (Å²) >= 11 is 0. The summed E-state index contributed by atoms with van der Waals surface area (Å²) in [5.74, 6) is 0.0837. The van der Waals surface area contributed by atoms with Crippen molar-refractivity contribution in [3.05, 3.63) is 65.7 Å². The zero-order chi connectivity index (χ0) is 19.6. The number of amides is 1. The van der Waals surface area contributed by atoms with Gasteiger partial charge in [-0.15, -0.1) is 0 Å². The molecule has 0 atom stereocenters. The van der Waals surface area contributed by atoms with Gasteiger partial charge >= 0.3 is 0 Å². The average molecular weight is 372 g/mol. The number of carbonyl (C=O) groups is 1. The van der Waals surface area contributed by atoms with Crippen molar-refractivity contribution >= 4 is 11.6 Å². The van der Waals surface area contributed by atoms with Crippen molar-refractivity contribution in [2.75, 3.05) is 26.0 Å². The summed E-state index contributed by atoms with van der Waals surface area (Å²) in [5.41, 5.74) is 7.10. The Morgan fingerprint density at radius 2 is 1.82 bits per heavy atom. The molecule has 1 aliphatic carbocycles. The van der Waals surface area contributed by atoms with E-state index in [1.165, 1.54) is 5.56 Å². The van der Waals surface area contributed by atoms with Crippen LogP contribution >= 0.6 is 0 Å². The molecule has 2 aliphatic rings. The first kappa shape index (κ1) is 17.0. The number of aryl methyl sites for hydroxylation is 1. The summed E-state index contributed by atoms with van der Waals surface area (Å²) in [7, 11) is 5.94. The topological polar surface area (TPSA) is 41.4 Å². The molecule has 3 aromatic rings. The number of nitrogens with zero attached hydrogens (tertiary/aromatic N) is 4. The molecule has 1 aromatic carbocycles. The van der Waals surface area contributed by atoms with E-state index >= 15 is 0 Å². The highest BCUT2D eigenvalue weighted by Crippen LogP contribution is 2.54. The fraction of sp³-hybridized carbons (Fsp3) is 0.304. The molecule has 5 heteroatoms. The Hall–Kier alpha value is -3.08. The maximum absolute atomic E-state index is 13.3. The van der Waals surface area contributed by atoms with E-state index in [-0.39, 0.29) is 11.4 Å². The van der Waals surface area contributed by atoms with E-state index < -0.39 is 0 Å². The normalized spacial score (nSPS) is 16.6. The van der Waals surface area contributed by atoms with Gasteiger partial charge in [0, 0.05) is 50.4 Å². The SMILES string of the molecule is Cc1ccc(-c2ccc3c(c2)-n2cc(N(C)C)cc2C(=O)N(C)C32CC2)cn1. The number of hydrogen-bond acceptors (Lipinski definition) is 3. The molecule has 28 heavy (non-hydrogen) atoms. The van der Waals surface area contributed by atoms with Gasteiger partial charge in [0.25, 0.3) is 5.91 Å². The van der Waals surface area contributed by atoms with Crippen LogP contribution in [0.1, 0.15) is 34.6 Å². The lowest BCUT2D eigenvalue weighted by molar-refractivity contribution is 0.0705. The first-order valence-corrected chi connectivity index (χ1v) is 9.66. The van der Waals surface area contributed by atoms with Gasteiger partial charge in [-0.25, -0.2) is 0 Å². The Bertz CT molecular complexity index is 1090. The molecule has 0 unspecified atom stereocenters. The number of aromatic nitrogens is 2. The van der Waals surface area contributed by atoms with E-state index in [4.69, 9.17) is 0 Å². The van der Waals surface area contributed by atoms with E-state index in [1.54, 1.807) is 0 Å². The second-order valence-electron chi connectivity index (χ2n) is 8.16. The van der Waals surface area contributed by atoms with E-state index in [0.29, 0.717) is 0 Å². The van der Waals surface area contributed by atoms with Crippen LogP contribution in [0, 0.1) is 6.92 Å². The lowest BCUT2D eigenvalue weighted by atomic mass is 9.97. The zero-order valence-electron chi connectivity index (χ0n) is 16.7. The van der Waals surface area contributed by atoms with Gasteiger partial charge in [-0.1, -0.05) is 18.2 Å². The van der Waals surface area contributed by atoms with Gasteiger partial charge in [-0.05, 0) is 43.5 Å². The van der Waals surface area contributed by atoms with Gasteiger partial charge < -0.3 is 14.4 Å². The quantitative estimate of drug-likeness (QED) is 0.683. The number of rotatable bonds is 2. The van der Waals surface area contributed by atoms with Crippen molar-refractivity contribution in [2.45, 2.75) is 25.3 Å². The standard InChI is InChI=1S/C23H24N4O/c1-15-5-6-17(13-24-15)16-7-8-19-20(11-16)27-14-18(25(2)3)12-21(27)22(28)26(4)23(19)9-10-23/h5-8,11-14H,9-10H2,1-4H3. The van der Waals surface area contributed by atoms with Gasteiger partial charge in [0.05, 0.1) is 16.9 Å². The molecule has 1 aliphatic heterocycles. The highest BCUT2D eigenvalue weighted by atomic mass is 16.2. The van der Waals surface area contributed by atoms with Gasteiger partial charge in [-0.2, -0.15) is 0 Å². The maximum atomic E-state index is 13.3. The summed E-state index contributed by atoms with van der Waals surface area (Å²) in [6.07, 6.45) is 6.01. The second kappa shape index (κ2) is 5.71. The number of benzene rings is 1. The van der Waals surface area contributed by atoms with E-state index in [9.17, 15) is 4.79 Å². The molecule has 0 radical (unpaired) electrons. The van der Waals surface area contributed by atoms with Crippen LogP contribution in [0.3, 0.4) is 0 Å². The molecule has 1 amide bonds. The molecular formula is C23H24N4O. The van der Waals surface area contributed by atoms with Crippen LogP contribution in [-0.2, 0) is 5.54 Å². The molecule has 1 spiro atoms. The van der Waals surface area contributed by atoms with Crippen molar-refractivity contribution in [1.82, 2.24) is 14.5 Å². The second-order valence-corrected chi connectivity index (χ2v) is 8.16. The third-order valence-electron chi connectivity index (χ3n) is 6.21. The third kappa shape index (κ3) is 2.32. The molecule has 1 fully saturated rings. The summed E-state index contributed by atoms with van der Waals surface area (Å²) < 4.78 is 2.07. The minimum atomic E-state index is -0.173. The van der Waals surface area contributed by atoms with Crippen LogP contribution in [0.4, 0.5) is 5.69 Å². The lowest BCUT2D eigenvalue weighted by Crippen LogP contribution is -2.36. The highest BCUT2D eigenvalue weighted by Gasteiger charge is 2.53. The zero-order valence-corrected chi connectivity index (χ0v) is 16.7. The molecule has 0 bridgehead atoms. The fourth-order valence-electron chi connectivity index (χ4n) is 4.27. The van der Waals surface area contributed by atoms with E-state index in [2.05, 4.69) is 40.0 Å². The van der Waals surface area contributed by atoms with Gasteiger partial charge in [-0.3, -0.25) is 9.78 Å². The molecule has 2 aromatic heterocycles. The van der Waals surface area contributed by atoms with Crippen LogP contribution < -0.4 is 4.90 Å². The Kier molecular flexibility index (Phi) is 3.48. The highest BCUT2D eigenvalue weighted by molar-refractivity contribution is 5.96. The molecule has 5 rings (SSSR count). The fourth-order valence-corrected chi connectivity index (χ4v) is 4.27. The van der Waals surface area contributed by atoms with Crippen molar-refractivity contribution in [3.63, 3.8) is 0 Å². The van der Waals surface area contributed by atoms with Crippen LogP contribution in [0.5, 0.6) is 0 Å². The largest absolute Gasteiger partial charge is 0.376 e. The predicted molar refractivity (Wildman–Crippen MR) is 111 cm³/mol. The lowest BCUT2D eigenvalue weighted by Gasteiger charge is -2.27. The molecular weight excluding hydrogens is 348 g/mol. The number of hydrogen-bond donors (Lipinski definition) is 0. The molecule has 1 saturated carbocycles. The van der Waals surface area contributed by atoms with Crippen LogP contribution in [-0.4, -0.2) is 41.5 Å². The summed E-state index contributed by atoms with van der Waals surface area (Å²) in [4.78, 5) is 21.7. The smallest absolute Gasteiger partial charge is 0.271 e. The summed E-state index contributed by atoms with van der Waals surface area (Å²) in [5, 5.41) is 0. The number of carbonyl (C=O) groups excluding carboxylic acids is 1. The Morgan fingerprint density at radius 1 is 1.07 bits per heavy atom. The molecule has 3 heterocycles. The van der Waals surface area contributed by atoms with Gasteiger partial charge in [0.1, 0.15) is 5.69 Å². The van der Waals surface area contributed by atoms with Crippen molar-refractivity contribution in [2.24, 2.45) is 0 Å². The van der Waals surface area contributed by atoms with Gasteiger partial charge in [0.15, 0.2) is 0 Å². The first-order chi connectivity index (χ1) is 13.4. The Labute approximate surface area is 165 Å². The number of fused-ring (bicyclic) bond motifs is 4. The van der Waals surface area contributed by atoms with Crippen LogP contribution in [0.2, 0.25) is 0 Å². The third-order valence-corrected chi connectivity index (χ3v) is 6.21. The van der Waals surface area contributed by atoms with Crippen LogP contribution in [0.25, 0.3) is 16.8 Å². The number of anilines is 1. The molecule has 142 valence electrons. The minimum Gasteiger partial charge on any atom is -0.376 e. The molecule has 0 N–H and O–H groups in total. The predicted octanol–water partition coefficient (Wildman–Crippen LogP) is 3.99. The van der Waals surface area contributed by atoms with Crippen LogP contribution in [0.15, 0.2) is 48.8 Å². The van der Waals surface area contributed by atoms with Gasteiger partial charge in [0.2, 0.25) is 0 Å². The van der Waals surface area contributed by atoms with Crippen molar-refractivity contribution < 1.29 is 4.79 Å².